The molecule has 3 rings (SSSR count). The summed E-state index contributed by atoms with van der Waals surface area (Å²) in [7, 11) is -3.68. The van der Waals surface area contributed by atoms with Gasteiger partial charge in [-0.25, -0.2) is 13.4 Å². The fourth-order valence-electron chi connectivity index (χ4n) is 3.75. The summed E-state index contributed by atoms with van der Waals surface area (Å²) in [6, 6.07) is 12.3. The molecule has 1 heterocycles. The van der Waals surface area contributed by atoms with Crippen LogP contribution in [0, 0.1) is 20.8 Å². The molecule has 0 aliphatic heterocycles. The van der Waals surface area contributed by atoms with Crippen molar-refractivity contribution in [3.63, 3.8) is 0 Å². The van der Waals surface area contributed by atoms with Gasteiger partial charge >= 0.3 is 0 Å². The highest BCUT2D eigenvalue weighted by molar-refractivity contribution is 7.92. The monoisotopic (exact) mass is 454 g/mol. The number of hydrogen-bond acceptors (Lipinski definition) is 4. The molecule has 0 radical (unpaired) electrons. The Balaban J connectivity index is 1.87. The highest BCUT2D eigenvalue weighted by Crippen LogP contribution is 2.25. The maximum Gasteiger partial charge on any atom is 0.244 e. The lowest BCUT2D eigenvalue weighted by atomic mass is 10.1. The second-order valence-corrected chi connectivity index (χ2v) is 9.80. The molecule has 170 valence electrons. The third-order valence-corrected chi connectivity index (χ3v) is 6.78. The lowest BCUT2D eigenvalue weighted by molar-refractivity contribution is -0.122. The predicted octanol–water partition coefficient (Wildman–Crippen LogP) is 3.66. The second-order valence-electron chi connectivity index (χ2n) is 7.94. The summed E-state index contributed by atoms with van der Waals surface area (Å²) in [5.41, 5.74) is 4.35. The molecule has 1 amide bonds. The number of imidazole rings is 1. The van der Waals surface area contributed by atoms with Gasteiger partial charge in [-0.1, -0.05) is 31.2 Å². The molecule has 7 nitrogen and oxygen atoms in total. The third kappa shape index (κ3) is 5.02. The zero-order valence-electron chi connectivity index (χ0n) is 19.2. The van der Waals surface area contributed by atoms with Gasteiger partial charge in [0.15, 0.2) is 0 Å². The summed E-state index contributed by atoms with van der Waals surface area (Å²) in [5, 5.41) is 2.94. The van der Waals surface area contributed by atoms with Crippen LogP contribution in [0.15, 0.2) is 54.9 Å². The van der Waals surface area contributed by atoms with E-state index in [1.54, 1.807) is 12.3 Å². The first-order chi connectivity index (χ1) is 15.1. The number of carbonyl (C=O) groups excluding carboxylic acids is 1. The van der Waals surface area contributed by atoms with Crippen molar-refractivity contribution < 1.29 is 13.2 Å². The predicted molar refractivity (Wildman–Crippen MR) is 127 cm³/mol. The van der Waals surface area contributed by atoms with E-state index in [2.05, 4.69) is 10.3 Å². The van der Waals surface area contributed by atoms with Crippen molar-refractivity contribution in [3.8, 4) is 5.69 Å². The molecule has 0 spiro atoms. The van der Waals surface area contributed by atoms with Gasteiger partial charge in [-0.15, -0.1) is 0 Å². The second kappa shape index (κ2) is 9.56. The number of benzene rings is 2. The summed E-state index contributed by atoms with van der Waals surface area (Å²) >= 11 is 0. The summed E-state index contributed by atoms with van der Waals surface area (Å²) in [6.45, 7) is 7.89. The Morgan fingerprint density at radius 1 is 1.12 bits per heavy atom. The van der Waals surface area contributed by atoms with Crippen molar-refractivity contribution >= 4 is 21.6 Å². The summed E-state index contributed by atoms with van der Waals surface area (Å²) in [5.74, 6) is 0.501. The van der Waals surface area contributed by atoms with Gasteiger partial charge in [0.25, 0.3) is 0 Å². The van der Waals surface area contributed by atoms with Gasteiger partial charge in [-0.2, -0.15) is 0 Å². The Bertz CT molecular complexity index is 1220. The van der Waals surface area contributed by atoms with Crippen LogP contribution < -0.4 is 9.62 Å². The fraction of sp³-hybridized carbons (Fsp3) is 0.333. The lowest BCUT2D eigenvalue weighted by Crippen LogP contribution is -2.49. The van der Waals surface area contributed by atoms with E-state index in [4.69, 9.17) is 0 Å². The first-order valence-corrected chi connectivity index (χ1v) is 12.4. The number of amides is 1. The minimum absolute atomic E-state index is 0.271. The number of nitrogens with zero attached hydrogens (tertiary/aromatic N) is 3. The quantitative estimate of drug-likeness (QED) is 0.563. The van der Waals surface area contributed by atoms with E-state index >= 15 is 0 Å². The van der Waals surface area contributed by atoms with Gasteiger partial charge in [-0.05, 0) is 62.1 Å². The van der Waals surface area contributed by atoms with Crippen LogP contribution in [0.3, 0.4) is 0 Å². The smallest absolute Gasteiger partial charge is 0.244 e. The van der Waals surface area contributed by atoms with Crippen molar-refractivity contribution in [2.45, 2.75) is 46.7 Å². The molecule has 0 saturated heterocycles. The molecule has 1 atom stereocenters. The van der Waals surface area contributed by atoms with E-state index < -0.39 is 16.1 Å². The molecule has 0 unspecified atom stereocenters. The SMILES string of the molecule is CC[C@@H](C(=O)NCc1ccccc1-n1ccnc1C)N(c1ccc(C)c(C)c1)S(C)(=O)=O. The molecule has 0 saturated carbocycles. The van der Waals surface area contributed by atoms with Gasteiger partial charge in [0, 0.05) is 18.9 Å². The van der Waals surface area contributed by atoms with Crippen molar-refractivity contribution in [1.29, 1.82) is 0 Å². The number of sulfonamides is 1. The number of hydrogen-bond donors (Lipinski definition) is 1. The molecule has 2 aromatic carbocycles. The Morgan fingerprint density at radius 3 is 2.44 bits per heavy atom. The van der Waals surface area contributed by atoms with Crippen LogP contribution in [0.2, 0.25) is 0 Å². The Morgan fingerprint density at radius 2 is 1.84 bits per heavy atom. The van der Waals surface area contributed by atoms with Crippen LogP contribution in [-0.4, -0.2) is 36.2 Å². The van der Waals surface area contributed by atoms with E-state index in [1.807, 2.05) is 74.9 Å². The van der Waals surface area contributed by atoms with Crippen LogP contribution in [0.25, 0.3) is 5.69 Å². The van der Waals surface area contributed by atoms with Gasteiger partial charge in [0.05, 0.1) is 17.6 Å². The molecular weight excluding hydrogens is 424 g/mol. The number of carbonyl (C=O) groups is 1. The number of rotatable bonds is 8. The van der Waals surface area contributed by atoms with Crippen LogP contribution in [-0.2, 0) is 21.4 Å². The molecular formula is C24H30N4O3S. The number of anilines is 1. The molecule has 0 aliphatic rings. The minimum Gasteiger partial charge on any atom is -0.350 e. The van der Waals surface area contributed by atoms with Crippen molar-refractivity contribution in [1.82, 2.24) is 14.9 Å². The van der Waals surface area contributed by atoms with Crippen molar-refractivity contribution in [3.05, 3.63) is 77.4 Å². The normalized spacial score (nSPS) is 12.4. The van der Waals surface area contributed by atoms with Gasteiger partial charge in [0.1, 0.15) is 11.9 Å². The van der Waals surface area contributed by atoms with E-state index in [-0.39, 0.29) is 12.5 Å². The lowest BCUT2D eigenvalue weighted by Gasteiger charge is -2.30. The maximum atomic E-state index is 13.2. The Kier molecular flexibility index (Phi) is 7.03. The minimum atomic E-state index is -3.68. The number of para-hydroxylation sites is 1. The first kappa shape index (κ1) is 23.5. The van der Waals surface area contributed by atoms with Crippen LogP contribution in [0.4, 0.5) is 5.69 Å². The average molecular weight is 455 g/mol. The van der Waals surface area contributed by atoms with E-state index in [0.29, 0.717) is 12.1 Å². The van der Waals surface area contributed by atoms with E-state index in [1.165, 1.54) is 4.31 Å². The number of aromatic nitrogens is 2. The highest BCUT2D eigenvalue weighted by atomic mass is 32.2. The van der Waals surface area contributed by atoms with Crippen molar-refractivity contribution in [2.75, 3.05) is 10.6 Å². The summed E-state index contributed by atoms with van der Waals surface area (Å²) in [4.78, 5) is 17.5. The number of nitrogens with one attached hydrogen (secondary N) is 1. The van der Waals surface area contributed by atoms with Crippen LogP contribution in [0.5, 0.6) is 0 Å². The molecule has 0 aliphatic carbocycles. The molecule has 32 heavy (non-hydrogen) atoms. The zero-order valence-corrected chi connectivity index (χ0v) is 20.0. The molecule has 0 bridgehead atoms. The van der Waals surface area contributed by atoms with Crippen molar-refractivity contribution in [2.24, 2.45) is 0 Å². The largest absolute Gasteiger partial charge is 0.350 e. The first-order valence-electron chi connectivity index (χ1n) is 10.6. The van der Waals surface area contributed by atoms with Gasteiger partial charge in [-0.3, -0.25) is 9.10 Å². The standard InChI is InChI=1S/C24H30N4O3S/c1-6-22(28(32(5,30)31)21-12-11-17(2)18(3)15-21)24(29)26-16-20-9-7-8-10-23(20)27-14-13-25-19(27)4/h7-15,22H,6,16H2,1-5H3,(H,26,29)/t22-/m0/s1. The third-order valence-electron chi connectivity index (χ3n) is 5.60. The summed E-state index contributed by atoms with van der Waals surface area (Å²) in [6.07, 6.45) is 5.07. The molecule has 8 heteroatoms. The van der Waals surface area contributed by atoms with Crippen LogP contribution in [0.1, 0.15) is 35.9 Å². The van der Waals surface area contributed by atoms with E-state index in [0.717, 1.165) is 34.5 Å². The topological polar surface area (TPSA) is 84.3 Å². The molecule has 1 aromatic heterocycles. The highest BCUT2D eigenvalue weighted by Gasteiger charge is 2.31. The summed E-state index contributed by atoms with van der Waals surface area (Å²) < 4.78 is 28.6. The van der Waals surface area contributed by atoms with Gasteiger partial charge < -0.3 is 9.88 Å². The van der Waals surface area contributed by atoms with E-state index in [9.17, 15) is 13.2 Å². The average Bonchev–Trinajstić information content (AvgIpc) is 3.17. The molecule has 3 aromatic rings. The molecule has 0 fully saturated rings. The maximum absolute atomic E-state index is 13.2. The number of aryl methyl sites for hydroxylation is 3. The molecule has 1 N–H and O–H groups in total. The fourth-order valence-corrected chi connectivity index (χ4v) is 4.95. The van der Waals surface area contributed by atoms with Crippen LogP contribution >= 0.6 is 0 Å². The Labute approximate surface area is 190 Å². The Hall–Kier alpha value is -3.13. The van der Waals surface area contributed by atoms with Gasteiger partial charge in [0.2, 0.25) is 15.9 Å². The zero-order chi connectivity index (χ0) is 23.5.